The van der Waals surface area contributed by atoms with E-state index in [-0.39, 0.29) is 11.8 Å². The number of carboxylic acids is 2. The average Bonchev–Trinajstić information content (AvgIpc) is 3.18. The van der Waals surface area contributed by atoms with E-state index in [0.29, 0.717) is 18.2 Å². The minimum atomic E-state index is -1.26. The van der Waals surface area contributed by atoms with E-state index >= 15 is 0 Å². The van der Waals surface area contributed by atoms with Crippen LogP contribution in [0.4, 0.5) is 0 Å². The summed E-state index contributed by atoms with van der Waals surface area (Å²) in [5.74, 6) is -2.41. The third kappa shape index (κ3) is 5.26. The van der Waals surface area contributed by atoms with Crippen molar-refractivity contribution in [2.45, 2.75) is 32.2 Å². The average molecular weight is 440 g/mol. The normalized spacial score (nSPS) is 19.6. The fourth-order valence-electron chi connectivity index (χ4n) is 4.28. The number of carbonyl (C=O) groups is 3. The number of hydrogen-bond donors (Lipinski definition) is 4. The predicted octanol–water partition coefficient (Wildman–Crippen LogP) is 2.67. The molecule has 0 radical (unpaired) electrons. The van der Waals surface area contributed by atoms with Crippen molar-refractivity contribution in [2.75, 3.05) is 20.1 Å². The number of amides is 1. The molecule has 0 spiro atoms. The van der Waals surface area contributed by atoms with Crippen molar-refractivity contribution < 1.29 is 24.6 Å². The molecule has 0 bridgehead atoms. The number of aromatic amines is 1. The second-order valence-corrected chi connectivity index (χ2v) is 8.08. The summed E-state index contributed by atoms with van der Waals surface area (Å²) in [4.78, 5) is 37.4. The van der Waals surface area contributed by atoms with Crippen LogP contribution in [-0.4, -0.2) is 64.1 Å². The van der Waals surface area contributed by atoms with Crippen LogP contribution in [0.1, 0.15) is 30.9 Å². The van der Waals surface area contributed by atoms with Crippen LogP contribution in [0.3, 0.4) is 0 Å². The molecule has 8 nitrogen and oxygen atoms in total. The Morgan fingerprint density at radius 3 is 2.59 bits per heavy atom. The molecule has 2 unspecified atom stereocenters. The van der Waals surface area contributed by atoms with Gasteiger partial charge in [-0.05, 0) is 42.7 Å². The minimum Gasteiger partial charge on any atom is -0.478 e. The van der Waals surface area contributed by atoms with Gasteiger partial charge in [-0.25, -0.2) is 9.59 Å². The van der Waals surface area contributed by atoms with E-state index in [4.69, 9.17) is 10.2 Å². The van der Waals surface area contributed by atoms with E-state index in [0.717, 1.165) is 32.4 Å². The summed E-state index contributed by atoms with van der Waals surface area (Å²) >= 11 is 0. The molecule has 1 aliphatic heterocycles. The van der Waals surface area contributed by atoms with Crippen LogP contribution in [-0.2, 0) is 20.8 Å². The maximum Gasteiger partial charge on any atom is 0.328 e. The Kier molecular flexibility index (Phi) is 7.48. The lowest BCUT2D eigenvalue weighted by atomic mass is 9.80. The quantitative estimate of drug-likeness (QED) is 0.405. The maximum atomic E-state index is 12.5. The third-order valence-electron chi connectivity index (χ3n) is 5.80. The number of nitrogens with one attached hydrogen (secondary N) is 2. The van der Waals surface area contributed by atoms with Crippen molar-refractivity contribution in [1.29, 1.82) is 0 Å². The van der Waals surface area contributed by atoms with Crippen molar-refractivity contribution in [3.05, 3.63) is 53.8 Å². The number of aromatic nitrogens is 1. The van der Waals surface area contributed by atoms with Crippen molar-refractivity contribution in [3.63, 3.8) is 0 Å². The van der Waals surface area contributed by atoms with Crippen LogP contribution in [0.2, 0.25) is 0 Å². The van der Waals surface area contributed by atoms with Crippen LogP contribution < -0.4 is 5.32 Å². The van der Waals surface area contributed by atoms with E-state index in [1.165, 1.54) is 27.6 Å². The lowest BCUT2D eigenvalue weighted by Crippen LogP contribution is -2.46. The molecule has 1 amide bonds. The first-order valence-corrected chi connectivity index (χ1v) is 10.7. The van der Waals surface area contributed by atoms with Crippen molar-refractivity contribution in [3.8, 4) is 0 Å². The molecule has 0 fully saturated rings. The number of likely N-dealkylation sites (N-methyl/N-ethyl adjacent to an activating group) is 1. The molecule has 4 N–H and O–H groups in total. The fourth-order valence-corrected chi connectivity index (χ4v) is 4.28. The highest BCUT2D eigenvalue weighted by atomic mass is 16.4. The molecular formula is C24H29N3O5. The number of benzene rings is 1. The standard InChI is InChI=1S/C20H25N3O.C4H4O4/c1-3-4-8-21-20(24)14-9-16-15-6-5-7-17-19(15)13(11-22-17)10-18(16)23(2)12-14;5-3(6)1-2-4(7)8/h5-7,9,11,14,18,22H,3-4,8,10,12H2,1-2H3,(H,21,24);1-2H,(H,5,6)(H,7,8). The van der Waals surface area contributed by atoms with Gasteiger partial charge in [0.2, 0.25) is 5.91 Å². The lowest BCUT2D eigenvalue weighted by Gasteiger charge is -2.39. The molecule has 2 aromatic rings. The van der Waals surface area contributed by atoms with Gasteiger partial charge in [0, 0.05) is 48.4 Å². The number of fused-ring (bicyclic) bond motifs is 2. The molecule has 2 atom stereocenters. The van der Waals surface area contributed by atoms with Crippen LogP contribution in [0, 0.1) is 5.92 Å². The van der Waals surface area contributed by atoms with Gasteiger partial charge in [-0.2, -0.15) is 0 Å². The van der Waals surface area contributed by atoms with Gasteiger partial charge in [0.05, 0.1) is 5.92 Å². The second kappa shape index (κ2) is 10.3. The molecule has 2 aliphatic rings. The Morgan fingerprint density at radius 1 is 1.22 bits per heavy atom. The highest BCUT2D eigenvalue weighted by molar-refractivity contribution is 5.99. The first-order chi connectivity index (χ1) is 15.3. The second-order valence-electron chi connectivity index (χ2n) is 8.08. The Morgan fingerprint density at radius 2 is 1.94 bits per heavy atom. The van der Waals surface area contributed by atoms with Crippen molar-refractivity contribution >= 4 is 34.3 Å². The monoisotopic (exact) mass is 439 g/mol. The Labute approximate surface area is 186 Å². The van der Waals surface area contributed by atoms with Gasteiger partial charge in [-0.3, -0.25) is 9.69 Å². The number of hydrogen-bond acceptors (Lipinski definition) is 4. The number of carbonyl (C=O) groups excluding carboxylic acids is 1. The topological polar surface area (TPSA) is 123 Å². The molecule has 170 valence electrons. The SMILES string of the molecule is CCCCNC(=O)C1C=C2c3cccc4[nH]cc(c34)CC2N(C)C1.O=C(O)C=CC(=O)O. The molecule has 0 saturated heterocycles. The molecule has 0 saturated carbocycles. The largest absolute Gasteiger partial charge is 0.478 e. The number of carboxylic acid groups (broad SMARTS) is 2. The third-order valence-corrected chi connectivity index (χ3v) is 5.80. The number of nitrogens with zero attached hydrogens (tertiary/aromatic N) is 1. The number of aliphatic carboxylic acids is 2. The Balaban J connectivity index is 0.000000312. The van der Waals surface area contributed by atoms with Crippen LogP contribution in [0.15, 0.2) is 42.6 Å². The van der Waals surface area contributed by atoms with Gasteiger partial charge < -0.3 is 20.5 Å². The molecule has 4 rings (SSSR count). The van der Waals surface area contributed by atoms with E-state index in [9.17, 15) is 14.4 Å². The summed E-state index contributed by atoms with van der Waals surface area (Å²) in [6, 6.07) is 6.80. The lowest BCUT2D eigenvalue weighted by molar-refractivity contribution is -0.134. The molecule has 1 aliphatic carbocycles. The van der Waals surface area contributed by atoms with Crippen LogP contribution in [0.25, 0.3) is 16.5 Å². The molecule has 8 heteroatoms. The highest BCUT2D eigenvalue weighted by Crippen LogP contribution is 2.40. The van der Waals surface area contributed by atoms with Crippen LogP contribution in [0.5, 0.6) is 0 Å². The number of rotatable bonds is 6. The molecule has 1 aromatic carbocycles. The minimum absolute atomic E-state index is 0.0612. The number of unbranched alkanes of at least 4 members (excludes halogenated alkanes) is 1. The van der Waals surface area contributed by atoms with Gasteiger partial charge >= 0.3 is 11.9 Å². The summed E-state index contributed by atoms with van der Waals surface area (Å²) in [7, 11) is 2.14. The molecular weight excluding hydrogens is 410 g/mol. The maximum absolute atomic E-state index is 12.5. The summed E-state index contributed by atoms with van der Waals surface area (Å²) in [5.41, 5.74) is 5.19. The highest BCUT2D eigenvalue weighted by Gasteiger charge is 2.35. The van der Waals surface area contributed by atoms with Crippen LogP contribution >= 0.6 is 0 Å². The summed E-state index contributed by atoms with van der Waals surface area (Å²) in [5, 5.41) is 20.1. The van der Waals surface area contributed by atoms with Crippen molar-refractivity contribution in [2.24, 2.45) is 5.92 Å². The smallest absolute Gasteiger partial charge is 0.328 e. The zero-order chi connectivity index (χ0) is 23.3. The summed E-state index contributed by atoms with van der Waals surface area (Å²) in [6.45, 7) is 3.71. The zero-order valence-electron chi connectivity index (χ0n) is 18.3. The Bertz CT molecular complexity index is 1050. The van der Waals surface area contributed by atoms with E-state index in [1.807, 2.05) is 0 Å². The molecule has 32 heavy (non-hydrogen) atoms. The predicted molar refractivity (Wildman–Crippen MR) is 122 cm³/mol. The van der Waals surface area contributed by atoms with Gasteiger partial charge in [-0.1, -0.05) is 31.6 Å². The fraction of sp³-hybridized carbons (Fsp3) is 0.375. The van der Waals surface area contributed by atoms with Crippen molar-refractivity contribution in [1.82, 2.24) is 15.2 Å². The summed E-state index contributed by atoms with van der Waals surface area (Å²) < 4.78 is 0. The summed E-state index contributed by atoms with van der Waals surface area (Å²) in [6.07, 6.45) is 8.64. The van der Waals surface area contributed by atoms with E-state index < -0.39 is 11.9 Å². The first kappa shape index (κ1) is 23.3. The van der Waals surface area contributed by atoms with Gasteiger partial charge in [0.25, 0.3) is 0 Å². The molecule has 2 heterocycles. The van der Waals surface area contributed by atoms with E-state index in [2.05, 4.69) is 59.6 Å². The van der Waals surface area contributed by atoms with Gasteiger partial charge in [-0.15, -0.1) is 0 Å². The number of H-pyrrole nitrogens is 1. The van der Waals surface area contributed by atoms with E-state index in [1.54, 1.807) is 0 Å². The van der Waals surface area contributed by atoms with Gasteiger partial charge in [0.15, 0.2) is 0 Å². The first-order valence-electron chi connectivity index (χ1n) is 10.7. The molecule has 1 aromatic heterocycles. The van der Waals surface area contributed by atoms with Gasteiger partial charge in [0.1, 0.15) is 0 Å². The zero-order valence-corrected chi connectivity index (χ0v) is 18.3. The Hall–Kier alpha value is -3.39.